The number of carbonyl (C=O) groups excluding carboxylic acids is 1. The summed E-state index contributed by atoms with van der Waals surface area (Å²) < 4.78 is 0. The smallest absolute Gasteiger partial charge is 0.181 e. The number of rotatable bonds is 0. The first-order chi connectivity index (χ1) is 8.65. The van der Waals surface area contributed by atoms with Crippen LogP contribution in [-0.2, 0) is 4.79 Å². The lowest BCUT2D eigenvalue weighted by Crippen LogP contribution is -2.41. The highest BCUT2D eigenvalue weighted by molar-refractivity contribution is 6.04. The molecule has 0 spiro atoms. The van der Waals surface area contributed by atoms with E-state index in [0.29, 0.717) is 17.6 Å². The summed E-state index contributed by atoms with van der Waals surface area (Å²) in [5, 5.41) is 30.3. The van der Waals surface area contributed by atoms with Gasteiger partial charge in [0, 0.05) is 12.0 Å². The molecule has 0 aromatic carbocycles. The predicted molar refractivity (Wildman–Crippen MR) is 73.6 cm³/mol. The van der Waals surface area contributed by atoms with Crippen molar-refractivity contribution in [3.63, 3.8) is 0 Å². The van der Waals surface area contributed by atoms with Crippen molar-refractivity contribution >= 4 is 5.78 Å². The minimum Gasteiger partial charge on any atom is -0.390 e. The topological polar surface area (TPSA) is 77.8 Å². The van der Waals surface area contributed by atoms with Crippen LogP contribution in [0.25, 0.3) is 0 Å². The van der Waals surface area contributed by atoms with Gasteiger partial charge < -0.3 is 15.3 Å². The molecule has 1 rings (SSSR count). The third kappa shape index (κ3) is 4.00. The van der Waals surface area contributed by atoms with E-state index in [1.807, 2.05) is 0 Å². The first-order valence-corrected chi connectivity index (χ1v) is 6.62. The van der Waals surface area contributed by atoms with Crippen LogP contribution in [0.3, 0.4) is 0 Å². The molecule has 0 saturated heterocycles. The van der Waals surface area contributed by atoms with E-state index in [-0.39, 0.29) is 18.6 Å². The lowest BCUT2D eigenvalue weighted by atomic mass is 9.84. The molecule has 108 valence electrons. The second-order valence-electron chi connectivity index (χ2n) is 5.86. The Morgan fingerprint density at radius 3 is 2.47 bits per heavy atom. The highest BCUT2D eigenvalue weighted by atomic mass is 16.3. The standard InChI is InChI=1S/C15H24O4/c1-9(2)11-8-14(18)15(4,19)6-5-12(16)10(3)7-13(11)17/h7,12,14,16,18-19H,5-6,8H2,1-4H3/b10-7-/t12-,14-,15+/m1/s1. The molecule has 4 heteroatoms. The quantitative estimate of drug-likeness (QED) is 0.582. The lowest BCUT2D eigenvalue weighted by molar-refractivity contribution is -0.113. The van der Waals surface area contributed by atoms with E-state index in [1.165, 1.54) is 13.0 Å². The maximum absolute atomic E-state index is 12.1. The molecule has 19 heavy (non-hydrogen) atoms. The summed E-state index contributed by atoms with van der Waals surface area (Å²) in [5.74, 6) is -0.201. The Morgan fingerprint density at radius 2 is 1.95 bits per heavy atom. The van der Waals surface area contributed by atoms with Gasteiger partial charge in [-0.25, -0.2) is 0 Å². The van der Waals surface area contributed by atoms with Gasteiger partial charge in [0.25, 0.3) is 0 Å². The van der Waals surface area contributed by atoms with Crippen molar-refractivity contribution in [2.75, 3.05) is 0 Å². The molecule has 0 radical (unpaired) electrons. The van der Waals surface area contributed by atoms with Gasteiger partial charge in [0.05, 0.1) is 17.8 Å². The SMILES string of the molecule is CC(C)=C1C[C@@H](O)[C@@](C)(O)CC[C@@H](O)/C(C)=C\C1=O. The van der Waals surface area contributed by atoms with Gasteiger partial charge in [-0.3, -0.25) is 4.79 Å². The minimum absolute atomic E-state index is 0.133. The fourth-order valence-electron chi connectivity index (χ4n) is 2.18. The van der Waals surface area contributed by atoms with E-state index in [9.17, 15) is 20.1 Å². The van der Waals surface area contributed by atoms with E-state index in [0.717, 1.165) is 5.57 Å². The molecule has 0 aromatic heterocycles. The van der Waals surface area contributed by atoms with Gasteiger partial charge in [-0.2, -0.15) is 0 Å². The Hall–Kier alpha value is -0.970. The number of allylic oxidation sites excluding steroid dienone is 2. The van der Waals surface area contributed by atoms with Crippen LogP contribution in [0, 0.1) is 0 Å². The largest absolute Gasteiger partial charge is 0.390 e. The molecule has 1 aliphatic rings. The number of carbonyl (C=O) groups is 1. The third-order valence-electron chi connectivity index (χ3n) is 3.82. The summed E-state index contributed by atoms with van der Waals surface area (Å²) >= 11 is 0. The summed E-state index contributed by atoms with van der Waals surface area (Å²) in [7, 11) is 0. The van der Waals surface area contributed by atoms with E-state index >= 15 is 0 Å². The van der Waals surface area contributed by atoms with Crippen LogP contribution in [0.5, 0.6) is 0 Å². The molecule has 0 aliphatic heterocycles. The Balaban J connectivity index is 3.21. The second-order valence-corrected chi connectivity index (χ2v) is 5.86. The molecular formula is C15H24O4. The first kappa shape index (κ1) is 16.1. The maximum Gasteiger partial charge on any atom is 0.181 e. The Bertz CT molecular complexity index is 414. The van der Waals surface area contributed by atoms with E-state index in [1.54, 1.807) is 20.8 Å². The number of ketones is 1. The monoisotopic (exact) mass is 268 g/mol. The number of hydrogen-bond acceptors (Lipinski definition) is 4. The normalized spacial score (nSPS) is 36.7. The molecule has 4 nitrogen and oxygen atoms in total. The van der Waals surface area contributed by atoms with E-state index in [2.05, 4.69) is 0 Å². The zero-order valence-corrected chi connectivity index (χ0v) is 12.1. The van der Waals surface area contributed by atoms with Crippen molar-refractivity contribution in [3.05, 3.63) is 22.8 Å². The first-order valence-electron chi connectivity index (χ1n) is 6.62. The van der Waals surface area contributed by atoms with Crippen LogP contribution in [0.15, 0.2) is 22.8 Å². The molecule has 1 aliphatic carbocycles. The Morgan fingerprint density at radius 1 is 1.37 bits per heavy atom. The van der Waals surface area contributed by atoms with Crippen LogP contribution < -0.4 is 0 Å². The average molecular weight is 268 g/mol. The summed E-state index contributed by atoms with van der Waals surface area (Å²) in [6.45, 7) is 6.86. The van der Waals surface area contributed by atoms with Gasteiger partial charge in [-0.15, -0.1) is 0 Å². The number of hydrogen-bond donors (Lipinski definition) is 3. The number of aliphatic hydroxyl groups excluding tert-OH is 2. The zero-order valence-electron chi connectivity index (χ0n) is 12.1. The lowest BCUT2D eigenvalue weighted by Gasteiger charge is -2.31. The summed E-state index contributed by atoms with van der Waals surface area (Å²) in [6.07, 6.45) is 0.391. The van der Waals surface area contributed by atoms with E-state index in [4.69, 9.17) is 0 Å². The van der Waals surface area contributed by atoms with Crippen molar-refractivity contribution in [2.24, 2.45) is 0 Å². The van der Waals surface area contributed by atoms with Gasteiger partial charge in [-0.1, -0.05) is 5.57 Å². The van der Waals surface area contributed by atoms with Gasteiger partial charge in [0.1, 0.15) is 0 Å². The molecular weight excluding hydrogens is 244 g/mol. The highest BCUT2D eigenvalue weighted by Crippen LogP contribution is 2.27. The van der Waals surface area contributed by atoms with Crippen LogP contribution >= 0.6 is 0 Å². The fourth-order valence-corrected chi connectivity index (χ4v) is 2.18. The van der Waals surface area contributed by atoms with Crippen molar-refractivity contribution < 1.29 is 20.1 Å². The highest BCUT2D eigenvalue weighted by Gasteiger charge is 2.33. The predicted octanol–water partition coefficient (Wildman–Crippen LogP) is 1.49. The molecule has 0 fully saturated rings. The summed E-state index contributed by atoms with van der Waals surface area (Å²) in [6, 6.07) is 0. The molecule has 0 saturated carbocycles. The van der Waals surface area contributed by atoms with Crippen molar-refractivity contribution in [1.82, 2.24) is 0 Å². The number of aliphatic hydroxyl groups is 3. The average Bonchev–Trinajstić information content (AvgIpc) is 2.30. The Labute approximate surface area is 114 Å². The maximum atomic E-state index is 12.1. The fraction of sp³-hybridized carbons (Fsp3) is 0.667. The van der Waals surface area contributed by atoms with Crippen LogP contribution in [-0.4, -0.2) is 38.9 Å². The molecule has 0 amide bonds. The summed E-state index contributed by atoms with van der Waals surface area (Å²) in [5.41, 5.74) is 0.607. The molecule has 0 aromatic rings. The molecule has 3 atom stereocenters. The van der Waals surface area contributed by atoms with Crippen LogP contribution in [0.1, 0.15) is 47.0 Å². The zero-order chi connectivity index (χ0) is 14.8. The molecule has 0 unspecified atom stereocenters. The molecule has 0 heterocycles. The summed E-state index contributed by atoms with van der Waals surface area (Å²) in [4.78, 5) is 12.1. The molecule has 3 N–H and O–H groups in total. The van der Waals surface area contributed by atoms with Crippen molar-refractivity contribution in [3.8, 4) is 0 Å². The van der Waals surface area contributed by atoms with E-state index < -0.39 is 17.8 Å². The van der Waals surface area contributed by atoms with Crippen molar-refractivity contribution in [1.29, 1.82) is 0 Å². The third-order valence-corrected chi connectivity index (χ3v) is 3.82. The van der Waals surface area contributed by atoms with Gasteiger partial charge in [0.15, 0.2) is 5.78 Å². The molecule has 0 bridgehead atoms. The minimum atomic E-state index is -1.31. The van der Waals surface area contributed by atoms with Gasteiger partial charge in [-0.05, 0) is 52.2 Å². The van der Waals surface area contributed by atoms with Crippen molar-refractivity contribution in [2.45, 2.75) is 64.8 Å². The Kier molecular flexibility index (Phi) is 5.07. The van der Waals surface area contributed by atoms with Crippen LogP contribution in [0.4, 0.5) is 0 Å². The van der Waals surface area contributed by atoms with Crippen LogP contribution in [0.2, 0.25) is 0 Å². The van der Waals surface area contributed by atoms with Gasteiger partial charge >= 0.3 is 0 Å². The van der Waals surface area contributed by atoms with Gasteiger partial charge in [0.2, 0.25) is 0 Å². The second kappa shape index (κ2) is 5.99.